The van der Waals surface area contributed by atoms with Gasteiger partial charge in [-0.25, -0.2) is 4.79 Å². The Kier molecular flexibility index (Phi) is 8.01. The average Bonchev–Trinajstić information content (AvgIpc) is 2.14. The minimum atomic E-state index is -0.858. The summed E-state index contributed by atoms with van der Waals surface area (Å²) in [6.07, 6.45) is 2.29. The van der Waals surface area contributed by atoms with Crippen LogP contribution in [0.1, 0.15) is 33.1 Å². The van der Waals surface area contributed by atoms with Gasteiger partial charge in [0, 0.05) is 6.54 Å². The maximum Gasteiger partial charge on any atom is 0.326 e. The van der Waals surface area contributed by atoms with E-state index in [1.807, 2.05) is 6.92 Å². The number of thiocarbonyl (C=S) groups is 2. The van der Waals surface area contributed by atoms with Crippen LogP contribution in [0.4, 0.5) is 0 Å². The zero-order valence-electron chi connectivity index (χ0n) is 9.58. The van der Waals surface area contributed by atoms with E-state index in [0.29, 0.717) is 11.4 Å². The van der Waals surface area contributed by atoms with Crippen LogP contribution in [0, 0.1) is 0 Å². The molecule has 92 valence electrons. The monoisotopic (exact) mass is 262 g/mol. The molecular formula is C10H18N2O2S2. The molecule has 0 saturated heterocycles. The highest BCUT2D eigenvalue weighted by Gasteiger charge is 2.15. The van der Waals surface area contributed by atoms with Crippen molar-refractivity contribution in [3.05, 3.63) is 0 Å². The Bertz CT molecular complexity index is 270. The SMILES string of the molecule is CC(=S)NCCCCC(NC(C)=S)C(=O)O. The lowest BCUT2D eigenvalue weighted by Crippen LogP contribution is -2.38. The summed E-state index contributed by atoms with van der Waals surface area (Å²) in [6.45, 7) is 4.30. The van der Waals surface area contributed by atoms with Gasteiger partial charge < -0.3 is 15.7 Å². The van der Waals surface area contributed by atoms with Crippen LogP contribution in [0.15, 0.2) is 0 Å². The second-order valence-corrected chi connectivity index (χ2v) is 4.79. The molecule has 0 bridgehead atoms. The van der Waals surface area contributed by atoms with Crippen molar-refractivity contribution in [3.8, 4) is 0 Å². The standard InChI is InChI=1S/C10H18N2O2S2/c1-7(15)11-6-4-3-5-9(10(13)14)12-8(2)16/h9H,3-6H2,1-2H3,(H,11,15)(H,12,16)(H,13,14). The van der Waals surface area contributed by atoms with Crippen LogP contribution in [0.2, 0.25) is 0 Å². The first-order valence-electron chi connectivity index (χ1n) is 5.18. The van der Waals surface area contributed by atoms with E-state index >= 15 is 0 Å². The Balaban J connectivity index is 3.72. The van der Waals surface area contributed by atoms with Gasteiger partial charge in [-0.3, -0.25) is 0 Å². The topological polar surface area (TPSA) is 61.4 Å². The van der Waals surface area contributed by atoms with Crippen molar-refractivity contribution in [1.29, 1.82) is 0 Å². The zero-order valence-corrected chi connectivity index (χ0v) is 11.2. The second kappa shape index (κ2) is 8.41. The molecule has 0 spiro atoms. The first-order chi connectivity index (χ1) is 7.43. The molecule has 0 aliphatic rings. The van der Waals surface area contributed by atoms with Crippen molar-refractivity contribution in [1.82, 2.24) is 10.6 Å². The zero-order chi connectivity index (χ0) is 12.6. The van der Waals surface area contributed by atoms with E-state index < -0.39 is 12.0 Å². The third-order valence-electron chi connectivity index (χ3n) is 1.97. The predicted octanol–water partition coefficient (Wildman–Crippen LogP) is 1.48. The van der Waals surface area contributed by atoms with E-state index in [-0.39, 0.29) is 0 Å². The smallest absolute Gasteiger partial charge is 0.326 e. The number of aliphatic carboxylic acids is 1. The van der Waals surface area contributed by atoms with E-state index in [0.717, 1.165) is 24.4 Å². The molecule has 0 aromatic rings. The molecule has 0 amide bonds. The fraction of sp³-hybridized carbons (Fsp3) is 0.700. The summed E-state index contributed by atoms with van der Waals surface area (Å²) in [5.74, 6) is -0.858. The van der Waals surface area contributed by atoms with Crippen LogP contribution in [0.5, 0.6) is 0 Å². The largest absolute Gasteiger partial charge is 0.480 e. The van der Waals surface area contributed by atoms with E-state index in [4.69, 9.17) is 29.5 Å². The van der Waals surface area contributed by atoms with Crippen molar-refractivity contribution in [3.63, 3.8) is 0 Å². The Morgan fingerprint density at radius 1 is 1.25 bits per heavy atom. The predicted molar refractivity (Wildman–Crippen MR) is 73.0 cm³/mol. The summed E-state index contributed by atoms with van der Waals surface area (Å²) in [7, 11) is 0. The lowest BCUT2D eigenvalue weighted by molar-refractivity contribution is -0.139. The van der Waals surface area contributed by atoms with Crippen LogP contribution < -0.4 is 10.6 Å². The average molecular weight is 262 g/mol. The maximum atomic E-state index is 10.8. The van der Waals surface area contributed by atoms with E-state index in [9.17, 15) is 4.79 Å². The molecule has 16 heavy (non-hydrogen) atoms. The minimum absolute atomic E-state index is 0.514. The summed E-state index contributed by atoms with van der Waals surface area (Å²) in [5, 5.41) is 14.7. The van der Waals surface area contributed by atoms with E-state index in [2.05, 4.69) is 10.6 Å². The summed E-state index contributed by atoms with van der Waals surface area (Å²) in [4.78, 5) is 12.1. The van der Waals surface area contributed by atoms with Crippen molar-refractivity contribution < 1.29 is 9.90 Å². The number of carboxylic acid groups (broad SMARTS) is 1. The summed E-state index contributed by atoms with van der Waals surface area (Å²) in [6, 6.07) is -0.578. The van der Waals surface area contributed by atoms with Gasteiger partial charge in [-0.1, -0.05) is 24.4 Å². The Morgan fingerprint density at radius 2 is 1.88 bits per heavy atom. The summed E-state index contributed by atoms with van der Waals surface area (Å²) < 4.78 is 0. The van der Waals surface area contributed by atoms with Gasteiger partial charge in [-0.2, -0.15) is 0 Å². The van der Waals surface area contributed by atoms with Gasteiger partial charge in [-0.05, 0) is 33.1 Å². The number of hydrogen-bond donors (Lipinski definition) is 3. The van der Waals surface area contributed by atoms with Gasteiger partial charge >= 0.3 is 5.97 Å². The van der Waals surface area contributed by atoms with Crippen molar-refractivity contribution in [2.24, 2.45) is 0 Å². The second-order valence-electron chi connectivity index (χ2n) is 3.57. The number of carboxylic acids is 1. The Hall–Kier alpha value is -0.750. The van der Waals surface area contributed by atoms with Crippen LogP contribution in [0.3, 0.4) is 0 Å². The number of unbranched alkanes of at least 4 members (excludes halogenated alkanes) is 1. The molecule has 0 heterocycles. The van der Waals surface area contributed by atoms with Gasteiger partial charge in [0.2, 0.25) is 0 Å². The van der Waals surface area contributed by atoms with Crippen LogP contribution >= 0.6 is 24.4 Å². The highest BCUT2D eigenvalue weighted by molar-refractivity contribution is 7.80. The van der Waals surface area contributed by atoms with Crippen LogP contribution in [0.25, 0.3) is 0 Å². The molecular weight excluding hydrogens is 244 g/mol. The molecule has 0 aromatic heterocycles. The number of hydrogen-bond acceptors (Lipinski definition) is 3. The lowest BCUT2D eigenvalue weighted by Gasteiger charge is -2.14. The highest BCUT2D eigenvalue weighted by atomic mass is 32.1. The minimum Gasteiger partial charge on any atom is -0.480 e. The fourth-order valence-electron chi connectivity index (χ4n) is 1.24. The van der Waals surface area contributed by atoms with Crippen LogP contribution in [-0.2, 0) is 4.79 Å². The van der Waals surface area contributed by atoms with Gasteiger partial charge in [0.25, 0.3) is 0 Å². The van der Waals surface area contributed by atoms with Crippen molar-refractivity contribution in [2.75, 3.05) is 6.54 Å². The molecule has 0 rings (SSSR count). The molecule has 1 atom stereocenters. The van der Waals surface area contributed by atoms with E-state index in [1.165, 1.54) is 0 Å². The molecule has 0 radical (unpaired) electrons. The number of rotatable bonds is 7. The Labute approximate surface area is 107 Å². The number of nitrogens with one attached hydrogen (secondary N) is 2. The lowest BCUT2D eigenvalue weighted by atomic mass is 10.1. The molecule has 0 saturated carbocycles. The fourth-order valence-corrected chi connectivity index (χ4v) is 1.48. The van der Waals surface area contributed by atoms with Crippen LogP contribution in [-0.4, -0.2) is 33.6 Å². The summed E-state index contributed by atoms with van der Waals surface area (Å²) >= 11 is 9.68. The molecule has 0 fully saturated rings. The van der Waals surface area contributed by atoms with Gasteiger partial charge in [0.05, 0.1) is 9.98 Å². The molecule has 4 nitrogen and oxygen atoms in total. The van der Waals surface area contributed by atoms with Gasteiger partial charge in [-0.15, -0.1) is 0 Å². The molecule has 1 unspecified atom stereocenters. The Morgan fingerprint density at radius 3 is 2.31 bits per heavy atom. The molecule has 3 N–H and O–H groups in total. The molecule has 0 aliphatic heterocycles. The van der Waals surface area contributed by atoms with Crippen molar-refractivity contribution in [2.45, 2.75) is 39.2 Å². The van der Waals surface area contributed by atoms with E-state index in [1.54, 1.807) is 6.92 Å². The normalized spacial score (nSPS) is 11.6. The molecule has 0 aliphatic carbocycles. The number of carbonyl (C=O) groups is 1. The maximum absolute atomic E-state index is 10.8. The van der Waals surface area contributed by atoms with Gasteiger partial charge in [0.1, 0.15) is 6.04 Å². The first kappa shape index (κ1) is 15.2. The van der Waals surface area contributed by atoms with Crippen molar-refractivity contribution >= 4 is 40.4 Å². The summed E-state index contributed by atoms with van der Waals surface area (Å²) in [5.41, 5.74) is 0. The highest BCUT2D eigenvalue weighted by Crippen LogP contribution is 2.01. The third-order valence-corrected chi connectivity index (χ3v) is 2.23. The first-order valence-corrected chi connectivity index (χ1v) is 5.99. The quantitative estimate of drug-likeness (QED) is 0.477. The molecule has 0 aromatic carbocycles. The van der Waals surface area contributed by atoms with Gasteiger partial charge in [0.15, 0.2) is 0 Å². The molecule has 6 heteroatoms. The third kappa shape index (κ3) is 8.55.